The van der Waals surface area contributed by atoms with Gasteiger partial charge in [0, 0.05) is 12.8 Å². The second-order valence-corrected chi connectivity index (χ2v) is 13.0. The minimum Gasteiger partial charge on any atom is -0.347 e. The maximum atomic E-state index is 6.65. The number of allylic oxidation sites excluding steroid dienone is 12. The highest BCUT2D eigenvalue weighted by Crippen LogP contribution is 2.36. The molecule has 2 heteroatoms. The van der Waals surface area contributed by atoms with Gasteiger partial charge in [0.25, 0.3) is 0 Å². The molecule has 258 valence electrons. The predicted molar refractivity (Wildman–Crippen MR) is 201 cm³/mol. The molecule has 0 aromatic heterocycles. The lowest BCUT2D eigenvalue weighted by molar-refractivity contribution is -0.180. The highest BCUT2D eigenvalue weighted by Gasteiger charge is 2.40. The summed E-state index contributed by atoms with van der Waals surface area (Å²) < 4.78 is 13.1. The van der Waals surface area contributed by atoms with Crippen LogP contribution in [-0.4, -0.2) is 18.5 Å². The summed E-state index contributed by atoms with van der Waals surface area (Å²) in [7, 11) is 0. The summed E-state index contributed by atoms with van der Waals surface area (Å²) in [6.07, 6.45) is 58.3. The van der Waals surface area contributed by atoms with E-state index in [1.54, 1.807) is 0 Å². The monoisotopic (exact) mass is 623 g/mol. The maximum absolute atomic E-state index is 6.65. The van der Waals surface area contributed by atoms with E-state index in [9.17, 15) is 0 Å². The van der Waals surface area contributed by atoms with Gasteiger partial charge < -0.3 is 9.47 Å². The molecule has 0 aromatic carbocycles. The molecule has 0 radical (unpaired) electrons. The van der Waals surface area contributed by atoms with E-state index in [1.165, 1.54) is 103 Å². The largest absolute Gasteiger partial charge is 0.347 e. The highest BCUT2D eigenvalue weighted by molar-refractivity contribution is 4.98. The standard InChI is InChI=1S/C43H74O2/c1-4-7-10-12-14-16-18-20-22-24-26-28-30-32-34-36-39-43(44-41-42(45-43)38-9-6-3)40-37-35-33-31-29-27-25-23-21-19-17-15-13-11-8-5-2/h7-8,10-11,14-17,20-23,42H,4-6,9,12-13,18-19,24-41H2,1-3H3/b10-7-,11-8-,16-14-,17-15-,22-20-,23-21-. The van der Waals surface area contributed by atoms with Gasteiger partial charge in [-0.15, -0.1) is 0 Å². The van der Waals surface area contributed by atoms with Gasteiger partial charge in [0.05, 0.1) is 12.7 Å². The van der Waals surface area contributed by atoms with Gasteiger partial charge in [0.1, 0.15) is 0 Å². The van der Waals surface area contributed by atoms with Gasteiger partial charge in [-0.25, -0.2) is 0 Å². The third kappa shape index (κ3) is 26.2. The van der Waals surface area contributed by atoms with Crippen molar-refractivity contribution in [2.24, 2.45) is 0 Å². The van der Waals surface area contributed by atoms with Crippen LogP contribution >= 0.6 is 0 Å². The molecule has 0 saturated carbocycles. The first-order chi connectivity index (χ1) is 22.3. The van der Waals surface area contributed by atoms with Crippen LogP contribution in [0.15, 0.2) is 72.9 Å². The molecule has 0 amide bonds. The second kappa shape index (κ2) is 32.3. The van der Waals surface area contributed by atoms with Crippen molar-refractivity contribution in [3.8, 4) is 0 Å². The minimum absolute atomic E-state index is 0.296. The fourth-order valence-electron chi connectivity index (χ4n) is 5.96. The van der Waals surface area contributed by atoms with E-state index >= 15 is 0 Å². The Kier molecular flexibility index (Phi) is 29.7. The lowest BCUT2D eigenvalue weighted by Crippen LogP contribution is -2.31. The summed E-state index contributed by atoms with van der Waals surface area (Å²) in [5.74, 6) is -0.296. The summed E-state index contributed by atoms with van der Waals surface area (Å²) >= 11 is 0. The molecule has 1 aliphatic heterocycles. The molecule has 1 atom stereocenters. The Morgan fingerprint density at radius 2 is 0.867 bits per heavy atom. The molecule has 1 fully saturated rings. The number of ether oxygens (including phenoxy) is 2. The summed E-state index contributed by atoms with van der Waals surface area (Å²) in [5, 5.41) is 0. The van der Waals surface area contributed by atoms with Crippen LogP contribution in [0.5, 0.6) is 0 Å². The van der Waals surface area contributed by atoms with E-state index in [4.69, 9.17) is 9.47 Å². The lowest BCUT2D eigenvalue weighted by Gasteiger charge is -2.28. The Bertz CT molecular complexity index is 745. The first-order valence-corrected chi connectivity index (χ1v) is 19.5. The van der Waals surface area contributed by atoms with Gasteiger partial charge in [-0.3, -0.25) is 0 Å². The molecule has 45 heavy (non-hydrogen) atoms. The fourth-order valence-corrected chi connectivity index (χ4v) is 5.96. The van der Waals surface area contributed by atoms with Gasteiger partial charge in [0.2, 0.25) is 0 Å². The van der Waals surface area contributed by atoms with Crippen LogP contribution in [0.25, 0.3) is 0 Å². The quantitative estimate of drug-likeness (QED) is 0.0565. The fraction of sp³-hybridized carbons (Fsp3) is 0.721. The summed E-state index contributed by atoms with van der Waals surface area (Å²) in [6, 6.07) is 0. The average molecular weight is 623 g/mol. The normalized spacial score (nSPS) is 17.3. The molecule has 1 aliphatic rings. The van der Waals surface area contributed by atoms with Gasteiger partial charge in [-0.05, 0) is 83.5 Å². The van der Waals surface area contributed by atoms with Crippen molar-refractivity contribution in [1.29, 1.82) is 0 Å². The van der Waals surface area contributed by atoms with E-state index < -0.39 is 0 Å². The van der Waals surface area contributed by atoms with Crippen molar-refractivity contribution in [3.05, 3.63) is 72.9 Å². The molecule has 2 nitrogen and oxygen atoms in total. The van der Waals surface area contributed by atoms with E-state index in [0.29, 0.717) is 6.10 Å². The van der Waals surface area contributed by atoms with Gasteiger partial charge in [-0.1, -0.05) is 158 Å². The van der Waals surface area contributed by atoms with Gasteiger partial charge >= 0.3 is 0 Å². The van der Waals surface area contributed by atoms with Crippen molar-refractivity contribution >= 4 is 0 Å². The Hall–Kier alpha value is -1.64. The van der Waals surface area contributed by atoms with Gasteiger partial charge in [-0.2, -0.15) is 0 Å². The van der Waals surface area contributed by atoms with E-state index in [0.717, 1.165) is 64.4 Å². The van der Waals surface area contributed by atoms with Crippen LogP contribution < -0.4 is 0 Å². The maximum Gasteiger partial charge on any atom is 0.168 e. The van der Waals surface area contributed by atoms with Crippen LogP contribution in [0.4, 0.5) is 0 Å². The van der Waals surface area contributed by atoms with Crippen LogP contribution in [0.2, 0.25) is 0 Å². The second-order valence-electron chi connectivity index (χ2n) is 13.0. The van der Waals surface area contributed by atoms with Crippen LogP contribution in [0, 0.1) is 0 Å². The molecule has 0 bridgehead atoms. The summed E-state index contributed by atoms with van der Waals surface area (Å²) in [5.41, 5.74) is 0. The predicted octanol–water partition coefficient (Wildman–Crippen LogP) is 14.2. The van der Waals surface area contributed by atoms with Crippen molar-refractivity contribution in [2.45, 2.75) is 193 Å². The molecule has 0 spiro atoms. The van der Waals surface area contributed by atoms with Crippen LogP contribution in [-0.2, 0) is 9.47 Å². The Balaban J connectivity index is 2.14. The van der Waals surface area contributed by atoms with Crippen molar-refractivity contribution in [2.75, 3.05) is 6.61 Å². The zero-order chi connectivity index (χ0) is 32.4. The molecule has 1 heterocycles. The molecular formula is C43H74O2. The number of unbranched alkanes of at least 4 members (excludes halogenated alkanes) is 13. The Labute approximate surface area is 281 Å². The number of hydrogen-bond donors (Lipinski definition) is 0. The van der Waals surface area contributed by atoms with E-state index in [1.807, 2.05) is 0 Å². The minimum atomic E-state index is -0.296. The molecule has 0 N–H and O–H groups in total. The first kappa shape index (κ1) is 41.4. The van der Waals surface area contributed by atoms with E-state index in [2.05, 4.69) is 93.7 Å². The molecule has 1 unspecified atom stereocenters. The van der Waals surface area contributed by atoms with E-state index in [-0.39, 0.29) is 5.79 Å². The topological polar surface area (TPSA) is 18.5 Å². The van der Waals surface area contributed by atoms with Crippen LogP contribution in [0.3, 0.4) is 0 Å². The molecule has 0 aliphatic carbocycles. The van der Waals surface area contributed by atoms with Crippen molar-refractivity contribution in [3.63, 3.8) is 0 Å². The van der Waals surface area contributed by atoms with Crippen molar-refractivity contribution < 1.29 is 9.47 Å². The smallest absolute Gasteiger partial charge is 0.168 e. The Morgan fingerprint density at radius 1 is 0.467 bits per heavy atom. The Morgan fingerprint density at radius 3 is 1.31 bits per heavy atom. The number of hydrogen-bond acceptors (Lipinski definition) is 2. The first-order valence-electron chi connectivity index (χ1n) is 19.5. The van der Waals surface area contributed by atoms with Crippen molar-refractivity contribution in [1.82, 2.24) is 0 Å². The molecular weight excluding hydrogens is 548 g/mol. The summed E-state index contributed by atoms with van der Waals surface area (Å²) in [4.78, 5) is 0. The lowest BCUT2D eigenvalue weighted by atomic mass is 9.98. The summed E-state index contributed by atoms with van der Waals surface area (Å²) in [6.45, 7) is 7.44. The van der Waals surface area contributed by atoms with Gasteiger partial charge in [0.15, 0.2) is 5.79 Å². The molecule has 1 saturated heterocycles. The zero-order valence-electron chi connectivity index (χ0n) is 30.2. The molecule has 1 rings (SSSR count). The third-order valence-corrected chi connectivity index (χ3v) is 8.71. The number of rotatable bonds is 31. The van der Waals surface area contributed by atoms with Crippen LogP contribution in [0.1, 0.15) is 181 Å². The highest BCUT2D eigenvalue weighted by atomic mass is 16.7. The SMILES string of the molecule is CC/C=C\C/C=C\C/C=C\CCCCCCCCC1(CCCCCCCC/C=C\C/C=C\C/C=C\CC)OCC(CCCC)O1. The average Bonchev–Trinajstić information content (AvgIpc) is 3.46. The third-order valence-electron chi connectivity index (χ3n) is 8.71. The molecule has 0 aromatic rings. The zero-order valence-corrected chi connectivity index (χ0v) is 30.2.